The molecule has 3 aromatic carbocycles. The van der Waals surface area contributed by atoms with E-state index in [0.717, 1.165) is 12.1 Å². The molecular weight excluding hydrogens is 468 g/mol. The summed E-state index contributed by atoms with van der Waals surface area (Å²) in [5, 5.41) is 22.8. The second-order valence-corrected chi connectivity index (χ2v) is 10.7. The van der Waals surface area contributed by atoms with Gasteiger partial charge in [-0.05, 0) is 49.6 Å². The molecule has 0 bridgehead atoms. The van der Waals surface area contributed by atoms with Crippen LogP contribution in [0.15, 0.2) is 76.5 Å². The molecule has 10 heteroatoms. The van der Waals surface area contributed by atoms with Gasteiger partial charge in [0, 0.05) is 11.5 Å². The summed E-state index contributed by atoms with van der Waals surface area (Å²) < 4.78 is 67.8. The van der Waals surface area contributed by atoms with Crippen LogP contribution < -0.4 is 0 Å². The maximum atomic E-state index is 12.1. The van der Waals surface area contributed by atoms with Gasteiger partial charge in [-0.2, -0.15) is 16.8 Å². The van der Waals surface area contributed by atoms with Crippen LogP contribution in [-0.2, 0) is 32.4 Å². The molecule has 3 aromatic rings. The van der Waals surface area contributed by atoms with Gasteiger partial charge in [-0.3, -0.25) is 9.11 Å². The van der Waals surface area contributed by atoms with E-state index in [1.165, 1.54) is 24.3 Å². The van der Waals surface area contributed by atoms with Gasteiger partial charge in [-0.1, -0.05) is 59.7 Å². The van der Waals surface area contributed by atoms with Crippen LogP contribution in [-0.4, -0.2) is 36.2 Å². The number of rotatable bonds is 7. The predicted molar refractivity (Wildman–Crippen MR) is 121 cm³/mol. The quantitative estimate of drug-likeness (QED) is 0.290. The Morgan fingerprint density at radius 1 is 0.758 bits per heavy atom. The lowest BCUT2D eigenvalue weighted by atomic mass is 9.80. The van der Waals surface area contributed by atoms with E-state index in [9.17, 15) is 36.2 Å². The molecule has 0 aliphatic rings. The molecule has 0 saturated carbocycles. The second kappa shape index (κ2) is 8.98. The Morgan fingerprint density at radius 3 is 1.82 bits per heavy atom. The predicted octanol–water partition coefficient (Wildman–Crippen LogP) is 2.96. The molecule has 8 nitrogen and oxygen atoms in total. The Hall–Kier alpha value is -2.60. The van der Waals surface area contributed by atoms with Gasteiger partial charge in [-0.25, -0.2) is 0 Å². The lowest BCUT2D eigenvalue weighted by molar-refractivity contribution is -0.191. The molecular formula is C23H24O8S2. The van der Waals surface area contributed by atoms with Crippen molar-refractivity contribution < 1.29 is 36.2 Å². The Kier molecular flexibility index (Phi) is 6.81. The van der Waals surface area contributed by atoms with Crippen LogP contribution in [0.5, 0.6) is 0 Å². The van der Waals surface area contributed by atoms with E-state index in [1.807, 2.05) is 0 Å². The normalized spacial score (nSPS) is 13.6. The summed E-state index contributed by atoms with van der Waals surface area (Å²) >= 11 is 0. The smallest absolute Gasteiger partial charge is 0.294 e. The van der Waals surface area contributed by atoms with Crippen molar-refractivity contribution in [3.05, 3.63) is 94.5 Å². The first-order valence-corrected chi connectivity index (χ1v) is 12.7. The number of hydrogen-bond acceptors (Lipinski definition) is 6. The van der Waals surface area contributed by atoms with Crippen molar-refractivity contribution in [3.8, 4) is 0 Å². The number of benzene rings is 3. The summed E-state index contributed by atoms with van der Waals surface area (Å²) in [6.07, 6.45) is -0.126. The number of aryl methyl sites for hydroxylation is 2. The Balaban J connectivity index is 2.36. The topological polar surface area (TPSA) is 149 Å². The molecule has 3 rings (SSSR count). The number of aliphatic hydroxyl groups is 2. The first kappa shape index (κ1) is 25.0. The molecule has 176 valence electrons. The Bertz CT molecular complexity index is 1380. The van der Waals surface area contributed by atoms with Crippen LogP contribution in [0.4, 0.5) is 0 Å². The molecule has 0 fully saturated rings. The van der Waals surface area contributed by atoms with Crippen molar-refractivity contribution in [2.45, 2.75) is 41.8 Å². The van der Waals surface area contributed by atoms with Crippen LogP contribution in [0, 0.1) is 13.8 Å². The van der Waals surface area contributed by atoms with E-state index in [0.29, 0.717) is 16.7 Å². The van der Waals surface area contributed by atoms with E-state index in [-0.39, 0.29) is 12.0 Å². The molecule has 0 heterocycles. The van der Waals surface area contributed by atoms with Gasteiger partial charge in [-0.15, -0.1) is 0 Å². The summed E-state index contributed by atoms with van der Waals surface area (Å²) in [5.74, 6) is -4.40. The summed E-state index contributed by atoms with van der Waals surface area (Å²) in [5.41, 5.74) is 1.01. The molecule has 0 radical (unpaired) electrons. The van der Waals surface area contributed by atoms with Gasteiger partial charge >= 0.3 is 0 Å². The molecule has 0 aliphatic carbocycles. The largest absolute Gasteiger partial charge is 0.361 e. The van der Waals surface area contributed by atoms with Crippen molar-refractivity contribution >= 4 is 20.2 Å². The maximum Gasteiger partial charge on any atom is 0.294 e. The highest BCUT2D eigenvalue weighted by molar-refractivity contribution is 7.86. The average molecular weight is 493 g/mol. The average Bonchev–Trinajstić information content (AvgIpc) is 2.70. The van der Waals surface area contributed by atoms with Gasteiger partial charge in [0.15, 0.2) is 5.79 Å². The fourth-order valence-corrected chi connectivity index (χ4v) is 5.30. The number of hydrogen-bond donors (Lipinski definition) is 4. The molecule has 0 amide bonds. The van der Waals surface area contributed by atoms with Crippen LogP contribution in [0.3, 0.4) is 0 Å². The van der Waals surface area contributed by atoms with Crippen molar-refractivity contribution in [2.75, 3.05) is 0 Å². The van der Waals surface area contributed by atoms with Crippen LogP contribution in [0.25, 0.3) is 0 Å². The van der Waals surface area contributed by atoms with E-state index in [4.69, 9.17) is 0 Å². The van der Waals surface area contributed by atoms with Gasteiger partial charge < -0.3 is 10.2 Å². The minimum Gasteiger partial charge on any atom is -0.361 e. The lowest BCUT2D eigenvalue weighted by Crippen LogP contribution is -2.37. The van der Waals surface area contributed by atoms with Crippen LogP contribution >= 0.6 is 0 Å². The van der Waals surface area contributed by atoms with Gasteiger partial charge in [0.25, 0.3) is 20.2 Å². The Labute approximate surface area is 192 Å². The third kappa shape index (κ3) is 5.49. The van der Waals surface area contributed by atoms with Crippen LogP contribution in [0.1, 0.15) is 33.7 Å². The fourth-order valence-electron chi connectivity index (χ4n) is 3.84. The molecule has 33 heavy (non-hydrogen) atoms. The fraction of sp³-hybridized carbons (Fsp3) is 0.217. The molecule has 0 saturated heterocycles. The van der Waals surface area contributed by atoms with Gasteiger partial charge in [0.1, 0.15) is 4.90 Å². The van der Waals surface area contributed by atoms with E-state index >= 15 is 0 Å². The first-order valence-electron chi connectivity index (χ1n) is 9.86. The van der Waals surface area contributed by atoms with E-state index in [2.05, 4.69) is 0 Å². The summed E-state index contributed by atoms with van der Waals surface area (Å²) in [6, 6.07) is 16.1. The zero-order chi connectivity index (χ0) is 24.6. The molecule has 4 N–H and O–H groups in total. The van der Waals surface area contributed by atoms with Crippen molar-refractivity contribution in [3.63, 3.8) is 0 Å². The van der Waals surface area contributed by atoms with E-state index < -0.39 is 47.3 Å². The minimum atomic E-state index is -4.86. The molecule has 0 aromatic heterocycles. The molecule has 0 aliphatic heterocycles. The van der Waals surface area contributed by atoms with Gasteiger partial charge in [0.2, 0.25) is 0 Å². The highest BCUT2D eigenvalue weighted by Gasteiger charge is 2.43. The van der Waals surface area contributed by atoms with Crippen molar-refractivity contribution in [1.29, 1.82) is 0 Å². The Morgan fingerprint density at radius 2 is 1.27 bits per heavy atom. The van der Waals surface area contributed by atoms with Crippen molar-refractivity contribution in [1.82, 2.24) is 0 Å². The first-order chi connectivity index (χ1) is 15.2. The summed E-state index contributed by atoms with van der Waals surface area (Å²) in [4.78, 5) is -1.26. The third-order valence-corrected chi connectivity index (χ3v) is 7.24. The highest BCUT2D eigenvalue weighted by atomic mass is 32.2. The zero-order valence-corrected chi connectivity index (χ0v) is 19.5. The zero-order valence-electron chi connectivity index (χ0n) is 17.9. The highest BCUT2D eigenvalue weighted by Crippen LogP contribution is 2.42. The summed E-state index contributed by atoms with van der Waals surface area (Å²) in [6.45, 7) is 3.25. The SMILES string of the molecule is Cc1ccc(S(=O)(=O)O)c([C@H](Cc2ccccc2)C(O)(O)c2cc(C)ccc2S(=O)(=O)O)c1. The van der Waals surface area contributed by atoms with Crippen molar-refractivity contribution in [2.24, 2.45) is 0 Å². The summed E-state index contributed by atoms with van der Waals surface area (Å²) in [7, 11) is -9.62. The third-order valence-electron chi connectivity index (χ3n) is 5.40. The monoisotopic (exact) mass is 492 g/mol. The van der Waals surface area contributed by atoms with Gasteiger partial charge in [0.05, 0.1) is 4.90 Å². The molecule has 1 atom stereocenters. The van der Waals surface area contributed by atoms with Crippen LogP contribution in [0.2, 0.25) is 0 Å². The minimum absolute atomic E-state index is 0.117. The maximum absolute atomic E-state index is 12.1. The molecule has 0 unspecified atom stereocenters. The van der Waals surface area contributed by atoms with E-state index in [1.54, 1.807) is 44.2 Å². The standard InChI is InChI=1S/C23H24O8S2/c1-15-8-10-21(32(26,27)28)18(12-15)19(14-17-6-4-3-5-7-17)23(24,25)20-13-16(2)9-11-22(20)33(29,30)31/h3-13,19,24-25H,14H2,1-2H3,(H,26,27,28)(H,29,30,31)/t19-/m0/s1. The second-order valence-electron chi connectivity index (χ2n) is 7.96. The lowest BCUT2D eigenvalue weighted by Gasteiger charge is -2.34. The molecule has 0 spiro atoms.